The Morgan fingerprint density at radius 3 is 2.61 bits per heavy atom. The molecular formula is C23H21ClN4OS2. The van der Waals surface area contributed by atoms with Crippen molar-refractivity contribution in [2.45, 2.75) is 18.6 Å². The van der Waals surface area contributed by atoms with Gasteiger partial charge in [0.2, 0.25) is 5.91 Å². The summed E-state index contributed by atoms with van der Waals surface area (Å²) >= 11 is 8.97. The van der Waals surface area contributed by atoms with Gasteiger partial charge in [-0.15, -0.1) is 21.5 Å². The van der Waals surface area contributed by atoms with E-state index in [1.165, 1.54) is 22.2 Å². The van der Waals surface area contributed by atoms with E-state index in [1.54, 1.807) is 11.3 Å². The van der Waals surface area contributed by atoms with Crippen molar-refractivity contribution in [3.63, 3.8) is 0 Å². The van der Waals surface area contributed by atoms with Crippen LogP contribution in [-0.2, 0) is 18.4 Å². The zero-order chi connectivity index (χ0) is 21.8. The van der Waals surface area contributed by atoms with E-state index in [0.717, 1.165) is 22.5 Å². The van der Waals surface area contributed by atoms with Gasteiger partial charge in [-0.3, -0.25) is 4.79 Å². The largest absolute Gasteiger partial charge is 0.351 e. The molecule has 158 valence electrons. The molecule has 4 aromatic rings. The summed E-state index contributed by atoms with van der Waals surface area (Å²) in [7, 11) is 1.94. The Kier molecular flexibility index (Phi) is 6.75. The first-order chi connectivity index (χ1) is 15.0. The summed E-state index contributed by atoms with van der Waals surface area (Å²) in [5, 5.41) is 15.2. The Morgan fingerprint density at radius 1 is 1.13 bits per heavy atom. The van der Waals surface area contributed by atoms with Crippen LogP contribution in [0.2, 0.25) is 5.02 Å². The second kappa shape index (κ2) is 9.68. The lowest BCUT2D eigenvalue weighted by atomic mass is 10.0. The van der Waals surface area contributed by atoms with Crippen LogP contribution in [0.15, 0.2) is 65.1 Å². The monoisotopic (exact) mass is 468 g/mol. The first kappa shape index (κ1) is 21.6. The average molecular weight is 469 g/mol. The van der Waals surface area contributed by atoms with Crippen LogP contribution < -0.4 is 5.32 Å². The zero-order valence-corrected chi connectivity index (χ0v) is 19.5. The van der Waals surface area contributed by atoms with Gasteiger partial charge in [-0.2, -0.15) is 0 Å². The van der Waals surface area contributed by atoms with Crippen molar-refractivity contribution in [2.24, 2.45) is 7.05 Å². The Morgan fingerprint density at radius 2 is 1.87 bits per heavy atom. The maximum Gasteiger partial charge on any atom is 0.230 e. The molecule has 0 aliphatic heterocycles. The summed E-state index contributed by atoms with van der Waals surface area (Å²) in [6.45, 7) is 2.59. The van der Waals surface area contributed by atoms with Crippen molar-refractivity contribution in [1.82, 2.24) is 20.1 Å². The molecule has 1 amide bonds. The maximum atomic E-state index is 12.3. The van der Waals surface area contributed by atoms with E-state index in [4.69, 9.17) is 11.6 Å². The van der Waals surface area contributed by atoms with Gasteiger partial charge in [-0.25, -0.2) is 0 Å². The number of amides is 1. The summed E-state index contributed by atoms with van der Waals surface area (Å²) in [4.78, 5) is 13.5. The Balaban J connectivity index is 1.43. The number of halogens is 1. The highest BCUT2D eigenvalue weighted by Gasteiger charge is 2.19. The molecule has 0 spiro atoms. The van der Waals surface area contributed by atoms with Crippen LogP contribution in [0, 0.1) is 6.92 Å². The van der Waals surface area contributed by atoms with Gasteiger partial charge >= 0.3 is 0 Å². The highest BCUT2D eigenvalue weighted by Crippen LogP contribution is 2.38. The SMILES string of the molecule is Cc1scc(-c2nnc(SCC(=O)NCc3ccc(Cl)cc3)n2C)c1-c1ccccc1. The third-order valence-corrected chi connectivity index (χ3v) is 7.03. The van der Waals surface area contributed by atoms with E-state index >= 15 is 0 Å². The third-order valence-electron chi connectivity index (χ3n) is 4.85. The van der Waals surface area contributed by atoms with Crippen LogP contribution >= 0.6 is 34.7 Å². The van der Waals surface area contributed by atoms with Gasteiger partial charge in [0.15, 0.2) is 11.0 Å². The molecule has 1 N–H and O–H groups in total. The Bertz CT molecular complexity index is 1190. The van der Waals surface area contributed by atoms with E-state index in [1.807, 2.05) is 54.1 Å². The van der Waals surface area contributed by atoms with Gasteiger partial charge in [-0.05, 0) is 30.2 Å². The zero-order valence-electron chi connectivity index (χ0n) is 17.1. The highest BCUT2D eigenvalue weighted by molar-refractivity contribution is 7.99. The number of carbonyl (C=O) groups excluding carboxylic acids is 1. The second-order valence-corrected chi connectivity index (χ2v) is 9.47. The smallest absolute Gasteiger partial charge is 0.230 e. The second-order valence-electron chi connectivity index (χ2n) is 7.00. The van der Waals surface area contributed by atoms with Crippen LogP contribution in [0.1, 0.15) is 10.4 Å². The molecule has 4 rings (SSSR count). The standard InChI is InChI=1S/C23H21ClN4OS2/c1-15-21(17-6-4-3-5-7-17)19(13-30-15)22-26-27-23(28(22)2)31-14-20(29)25-12-16-8-10-18(24)11-9-16/h3-11,13H,12,14H2,1-2H3,(H,25,29). The molecule has 0 fully saturated rings. The van der Waals surface area contributed by atoms with E-state index in [0.29, 0.717) is 16.7 Å². The molecule has 0 atom stereocenters. The summed E-state index contributed by atoms with van der Waals surface area (Å²) in [5.74, 6) is 1.02. The summed E-state index contributed by atoms with van der Waals surface area (Å²) in [5.41, 5.74) is 4.40. The first-order valence-corrected chi connectivity index (χ1v) is 11.9. The number of rotatable bonds is 7. The van der Waals surface area contributed by atoms with Gasteiger partial charge in [0.25, 0.3) is 0 Å². The number of thioether (sulfide) groups is 1. The molecule has 0 saturated heterocycles. The molecule has 0 aliphatic carbocycles. The van der Waals surface area contributed by atoms with Gasteiger partial charge in [-0.1, -0.05) is 65.8 Å². The minimum Gasteiger partial charge on any atom is -0.351 e. The molecule has 0 radical (unpaired) electrons. The fourth-order valence-corrected chi connectivity index (χ4v) is 4.97. The Labute approximate surface area is 194 Å². The summed E-state index contributed by atoms with van der Waals surface area (Å²) < 4.78 is 1.95. The summed E-state index contributed by atoms with van der Waals surface area (Å²) in [6, 6.07) is 17.7. The minimum atomic E-state index is -0.0548. The van der Waals surface area contributed by atoms with Crippen molar-refractivity contribution in [1.29, 1.82) is 0 Å². The normalized spacial score (nSPS) is 10.9. The molecule has 0 aliphatic rings. The van der Waals surface area contributed by atoms with E-state index in [2.05, 4.69) is 40.0 Å². The predicted molar refractivity (Wildman–Crippen MR) is 129 cm³/mol. The lowest BCUT2D eigenvalue weighted by Gasteiger charge is -2.07. The van der Waals surface area contributed by atoms with Crippen LogP contribution in [0.4, 0.5) is 0 Å². The predicted octanol–water partition coefficient (Wildman–Crippen LogP) is 5.58. The average Bonchev–Trinajstić information content (AvgIpc) is 3.34. The van der Waals surface area contributed by atoms with Crippen LogP contribution in [0.25, 0.3) is 22.5 Å². The number of nitrogens with one attached hydrogen (secondary N) is 1. The fraction of sp³-hybridized carbons (Fsp3) is 0.174. The molecule has 0 saturated carbocycles. The molecule has 5 nitrogen and oxygen atoms in total. The number of aromatic nitrogens is 3. The molecule has 2 heterocycles. The highest BCUT2D eigenvalue weighted by atomic mass is 35.5. The van der Waals surface area contributed by atoms with Gasteiger partial charge < -0.3 is 9.88 Å². The quantitative estimate of drug-likeness (QED) is 0.359. The number of hydrogen-bond acceptors (Lipinski definition) is 5. The fourth-order valence-electron chi connectivity index (χ4n) is 3.24. The van der Waals surface area contributed by atoms with Gasteiger partial charge in [0.05, 0.1) is 5.75 Å². The van der Waals surface area contributed by atoms with E-state index in [9.17, 15) is 4.79 Å². The van der Waals surface area contributed by atoms with Gasteiger partial charge in [0.1, 0.15) is 0 Å². The van der Waals surface area contributed by atoms with Crippen molar-refractivity contribution in [3.8, 4) is 22.5 Å². The number of thiophene rings is 1. The molecule has 8 heteroatoms. The minimum absolute atomic E-state index is 0.0548. The molecule has 0 bridgehead atoms. The summed E-state index contributed by atoms with van der Waals surface area (Å²) in [6.07, 6.45) is 0. The molecule has 0 unspecified atom stereocenters. The van der Waals surface area contributed by atoms with Crippen molar-refractivity contribution < 1.29 is 4.79 Å². The van der Waals surface area contributed by atoms with Crippen LogP contribution in [-0.4, -0.2) is 26.4 Å². The number of nitrogens with zero attached hydrogens (tertiary/aromatic N) is 3. The van der Waals surface area contributed by atoms with Crippen molar-refractivity contribution >= 4 is 40.6 Å². The Hall–Kier alpha value is -2.61. The molecular weight excluding hydrogens is 448 g/mol. The van der Waals surface area contributed by atoms with Crippen LogP contribution in [0.3, 0.4) is 0 Å². The van der Waals surface area contributed by atoms with Crippen LogP contribution in [0.5, 0.6) is 0 Å². The van der Waals surface area contributed by atoms with E-state index < -0.39 is 0 Å². The third kappa shape index (κ3) is 5.01. The lowest BCUT2D eigenvalue weighted by Crippen LogP contribution is -2.24. The van der Waals surface area contributed by atoms with E-state index in [-0.39, 0.29) is 11.7 Å². The maximum absolute atomic E-state index is 12.3. The molecule has 31 heavy (non-hydrogen) atoms. The lowest BCUT2D eigenvalue weighted by molar-refractivity contribution is -0.118. The number of aryl methyl sites for hydroxylation is 1. The number of benzene rings is 2. The number of carbonyl (C=O) groups is 1. The molecule has 2 aromatic heterocycles. The first-order valence-electron chi connectivity index (χ1n) is 9.70. The van der Waals surface area contributed by atoms with Crippen molar-refractivity contribution in [3.05, 3.63) is 75.4 Å². The number of hydrogen-bond donors (Lipinski definition) is 1. The molecule has 2 aromatic carbocycles. The van der Waals surface area contributed by atoms with Crippen molar-refractivity contribution in [2.75, 3.05) is 5.75 Å². The topological polar surface area (TPSA) is 59.8 Å². The van der Waals surface area contributed by atoms with Gasteiger partial charge in [0, 0.05) is 40.0 Å².